The average molecular weight is 470 g/mol. The van der Waals surface area contributed by atoms with Crippen molar-refractivity contribution in [3.05, 3.63) is 34.3 Å². The predicted octanol–water partition coefficient (Wildman–Crippen LogP) is 4.71. The van der Waals surface area contributed by atoms with Gasteiger partial charge in [0.1, 0.15) is 16.5 Å². The lowest BCUT2D eigenvalue weighted by molar-refractivity contribution is -0.126. The number of azo groups is 1. The number of hydrogen-bond donors (Lipinski definition) is 1. The van der Waals surface area contributed by atoms with Gasteiger partial charge in [-0.25, -0.2) is 0 Å². The molecule has 1 N–H and O–H groups in total. The first-order chi connectivity index (χ1) is 14.7. The molecule has 1 atom stereocenters. The summed E-state index contributed by atoms with van der Waals surface area (Å²) in [6.45, 7) is 1.22. The number of carbonyl (C=O) groups excluding carboxylic acids is 2. The smallest absolute Gasteiger partial charge is 0.258 e. The molecule has 11 heteroatoms. The molecule has 0 fully saturated rings. The first-order valence-corrected chi connectivity index (χ1v) is 9.56. The Morgan fingerprint density at radius 2 is 1.48 bits per heavy atom. The number of anilines is 1. The molecule has 2 aromatic carbocycles. The lowest BCUT2D eigenvalue weighted by Gasteiger charge is -2.15. The molecule has 2 rings (SSSR count). The van der Waals surface area contributed by atoms with E-state index in [0.717, 1.165) is 0 Å². The topological polar surface area (TPSA) is 108 Å². The molecule has 0 bridgehead atoms. The molecule has 0 aromatic heterocycles. The third-order valence-corrected chi connectivity index (χ3v) is 4.64. The summed E-state index contributed by atoms with van der Waals surface area (Å²) in [6.07, 6.45) is 0. The maximum atomic E-state index is 12.8. The van der Waals surface area contributed by atoms with Gasteiger partial charge in [0.2, 0.25) is 6.04 Å². The number of rotatable bonds is 9. The fourth-order valence-electron chi connectivity index (χ4n) is 2.58. The number of nitrogens with zero attached hydrogens (tertiary/aromatic N) is 2. The average Bonchev–Trinajstić information content (AvgIpc) is 2.73. The number of amides is 1. The van der Waals surface area contributed by atoms with Crippen LogP contribution in [0.15, 0.2) is 34.5 Å². The summed E-state index contributed by atoms with van der Waals surface area (Å²) < 4.78 is 20.8. The van der Waals surface area contributed by atoms with Crippen LogP contribution in [-0.4, -0.2) is 46.2 Å². The van der Waals surface area contributed by atoms with Crippen molar-refractivity contribution in [3.8, 4) is 23.0 Å². The van der Waals surface area contributed by atoms with Gasteiger partial charge in [-0.15, -0.1) is 0 Å². The highest BCUT2D eigenvalue weighted by Crippen LogP contribution is 2.39. The molecular formula is C20H21Cl2N3O6. The number of benzene rings is 2. The van der Waals surface area contributed by atoms with Crippen LogP contribution < -0.4 is 24.3 Å². The highest BCUT2D eigenvalue weighted by molar-refractivity contribution is 6.33. The van der Waals surface area contributed by atoms with Gasteiger partial charge >= 0.3 is 0 Å². The summed E-state index contributed by atoms with van der Waals surface area (Å²) in [5.74, 6) is -0.101. The zero-order valence-corrected chi connectivity index (χ0v) is 19.0. The van der Waals surface area contributed by atoms with Crippen LogP contribution in [0.3, 0.4) is 0 Å². The van der Waals surface area contributed by atoms with E-state index in [1.807, 2.05) is 0 Å². The molecule has 0 spiro atoms. The van der Waals surface area contributed by atoms with Crippen molar-refractivity contribution in [1.29, 1.82) is 0 Å². The fraction of sp³-hybridized carbons (Fsp3) is 0.300. The van der Waals surface area contributed by atoms with E-state index in [4.69, 9.17) is 42.1 Å². The van der Waals surface area contributed by atoms with Gasteiger partial charge in [0, 0.05) is 23.2 Å². The van der Waals surface area contributed by atoms with Crippen LogP contribution in [0, 0.1) is 0 Å². The number of ether oxygens (including phenoxy) is 4. The zero-order valence-electron chi connectivity index (χ0n) is 17.5. The van der Waals surface area contributed by atoms with E-state index in [1.54, 1.807) is 0 Å². The van der Waals surface area contributed by atoms with Gasteiger partial charge in [-0.3, -0.25) is 9.59 Å². The lowest BCUT2D eigenvalue weighted by Crippen LogP contribution is -2.32. The summed E-state index contributed by atoms with van der Waals surface area (Å²) in [7, 11) is 5.70. The summed E-state index contributed by atoms with van der Waals surface area (Å²) in [5, 5.41) is 11.0. The number of carbonyl (C=O) groups is 2. The number of ketones is 1. The number of Topliss-reactive ketones (excluding diaryl/α,β-unsaturated/α-hetero) is 1. The number of methoxy groups -OCH3 is 4. The number of nitrogens with one attached hydrogen (secondary N) is 1. The molecule has 0 aliphatic rings. The number of hydrogen-bond acceptors (Lipinski definition) is 8. The monoisotopic (exact) mass is 469 g/mol. The van der Waals surface area contributed by atoms with Crippen LogP contribution in [0.1, 0.15) is 6.92 Å². The maximum Gasteiger partial charge on any atom is 0.258 e. The van der Waals surface area contributed by atoms with Crippen molar-refractivity contribution in [2.45, 2.75) is 13.0 Å². The van der Waals surface area contributed by atoms with E-state index in [1.165, 1.54) is 59.6 Å². The van der Waals surface area contributed by atoms with Crippen LogP contribution >= 0.6 is 23.2 Å². The van der Waals surface area contributed by atoms with E-state index < -0.39 is 17.7 Å². The van der Waals surface area contributed by atoms with Gasteiger partial charge in [0.05, 0.1) is 39.8 Å². The van der Waals surface area contributed by atoms with E-state index in [0.29, 0.717) is 22.3 Å². The molecule has 31 heavy (non-hydrogen) atoms. The van der Waals surface area contributed by atoms with Crippen molar-refractivity contribution >= 4 is 46.3 Å². The first-order valence-electron chi connectivity index (χ1n) is 8.80. The maximum absolute atomic E-state index is 12.8. The lowest BCUT2D eigenvalue weighted by atomic mass is 10.2. The minimum absolute atomic E-state index is 0.216. The van der Waals surface area contributed by atoms with Gasteiger partial charge in [-0.05, 0) is 13.0 Å². The molecule has 0 saturated heterocycles. The Kier molecular flexibility index (Phi) is 8.47. The van der Waals surface area contributed by atoms with Gasteiger partial charge in [0.15, 0.2) is 17.3 Å². The third kappa shape index (κ3) is 5.77. The number of halogens is 2. The van der Waals surface area contributed by atoms with E-state index in [2.05, 4.69) is 15.5 Å². The van der Waals surface area contributed by atoms with Gasteiger partial charge in [0.25, 0.3) is 5.91 Å². The molecule has 166 valence electrons. The van der Waals surface area contributed by atoms with Crippen molar-refractivity contribution in [1.82, 2.24) is 0 Å². The third-order valence-electron chi connectivity index (χ3n) is 4.05. The minimum Gasteiger partial charge on any atom is -0.495 e. The van der Waals surface area contributed by atoms with Crippen LogP contribution in [0.25, 0.3) is 0 Å². The Balaban J connectivity index is 2.35. The largest absolute Gasteiger partial charge is 0.495 e. The molecule has 2 aromatic rings. The molecule has 0 radical (unpaired) electrons. The van der Waals surface area contributed by atoms with Gasteiger partial charge < -0.3 is 24.3 Å². The standard InChI is InChI=1S/C20H21Cl2N3O6/c1-10(26)18(25-24-12-8-14(28-2)17(22)15(9-12)29-3)20(27)23-13-6-11(21)7-16(30-4)19(13)31-5/h6-9,18H,1-5H3,(H,23,27). The molecule has 1 amide bonds. The predicted molar refractivity (Wildman–Crippen MR) is 117 cm³/mol. The van der Waals surface area contributed by atoms with Gasteiger partial charge in [-0.1, -0.05) is 23.2 Å². The minimum atomic E-state index is -1.43. The van der Waals surface area contributed by atoms with Crippen LogP contribution in [0.5, 0.6) is 23.0 Å². The molecule has 0 aliphatic heterocycles. The zero-order chi connectivity index (χ0) is 23.1. The molecular weight excluding hydrogens is 449 g/mol. The van der Waals surface area contributed by atoms with Crippen molar-refractivity contribution in [3.63, 3.8) is 0 Å². The van der Waals surface area contributed by atoms with Crippen LogP contribution in [0.2, 0.25) is 10.0 Å². The Bertz CT molecular complexity index is 988. The quantitative estimate of drug-likeness (QED) is 0.420. The molecule has 0 heterocycles. The van der Waals surface area contributed by atoms with Crippen molar-refractivity contribution in [2.75, 3.05) is 33.8 Å². The summed E-state index contributed by atoms with van der Waals surface area (Å²) in [5.41, 5.74) is 0.493. The highest BCUT2D eigenvalue weighted by atomic mass is 35.5. The Morgan fingerprint density at radius 1 is 0.903 bits per heavy atom. The van der Waals surface area contributed by atoms with E-state index >= 15 is 0 Å². The Labute approximate surface area is 189 Å². The van der Waals surface area contributed by atoms with Crippen LogP contribution in [0.4, 0.5) is 11.4 Å². The fourth-order valence-corrected chi connectivity index (χ4v) is 3.05. The van der Waals surface area contributed by atoms with E-state index in [-0.39, 0.29) is 22.1 Å². The van der Waals surface area contributed by atoms with Crippen molar-refractivity contribution < 1.29 is 28.5 Å². The van der Waals surface area contributed by atoms with E-state index in [9.17, 15) is 9.59 Å². The second kappa shape index (κ2) is 10.8. The molecule has 0 saturated carbocycles. The molecule has 1 unspecified atom stereocenters. The van der Waals surface area contributed by atoms with Crippen molar-refractivity contribution in [2.24, 2.45) is 10.2 Å². The SMILES string of the molecule is COc1cc(N=NC(C(C)=O)C(=O)Nc2cc(Cl)cc(OC)c2OC)cc(OC)c1Cl. The molecule has 0 aliphatic carbocycles. The second-order valence-corrected chi connectivity index (χ2v) is 6.89. The highest BCUT2D eigenvalue weighted by Gasteiger charge is 2.25. The summed E-state index contributed by atoms with van der Waals surface area (Å²) >= 11 is 12.2. The Morgan fingerprint density at radius 3 is 1.97 bits per heavy atom. The summed E-state index contributed by atoms with van der Waals surface area (Å²) in [4.78, 5) is 24.8. The first kappa shape index (κ1) is 24.2. The second-order valence-electron chi connectivity index (χ2n) is 6.07. The Hall–Kier alpha value is -3.04. The summed E-state index contributed by atoms with van der Waals surface area (Å²) in [6, 6.07) is 4.55. The van der Waals surface area contributed by atoms with Gasteiger partial charge in [-0.2, -0.15) is 10.2 Å². The van der Waals surface area contributed by atoms with Crippen LogP contribution in [-0.2, 0) is 9.59 Å². The normalized spacial score (nSPS) is 11.7. The molecule has 9 nitrogen and oxygen atoms in total.